The predicted octanol–water partition coefficient (Wildman–Crippen LogP) is -1.59. The van der Waals surface area contributed by atoms with Gasteiger partial charge in [-0.15, -0.1) is 11.3 Å². The molecule has 2 aromatic heterocycles. The molecule has 0 aromatic carbocycles. The van der Waals surface area contributed by atoms with Crippen LogP contribution in [0.4, 0.5) is 5.13 Å². The number of carboxylic acids is 1. The number of carboxylic acid groups (broad SMARTS) is 1. The van der Waals surface area contributed by atoms with Crippen LogP contribution in [0.15, 0.2) is 16.9 Å². The number of amides is 2. The Morgan fingerprint density at radius 2 is 2.09 bits per heavy atom. The smallest absolute Gasteiger partial charge is 0.362 e. The van der Waals surface area contributed by atoms with Gasteiger partial charge in [-0.05, 0) is 20.8 Å². The summed E-state index contributed by atoms with van der Waals surface area (Å²) in [4.78, 5) is 49.6. The summed E-state index contributed by atoms with van der Waals surface area (Å²) in [5.74, 6) is -3.13. The van der Waals surface area contributed by atoms with E-state index in [1.807, 2.05) is 0 Å². The van der Waals surface area contributed by atoms with Crippen molar-refractivity contribution in [3.05, 3.63) is 23.2 Å². The van der Waals surface area contributed by atoms with Crippen molar-refractivity contribution in [2.45, 2.75) is 45.0 Å². The molecule has 1 fully saturated rings. The fourth-order valence-electron chi connectivity index (χ4n) is 2.82. The van der Waals surface area contributed by atoms with E-state index in [2.05, 4.69) is 25.5 Å². The van der Waals surface area contributed by atoms with Gasteiger partial charge in [-0.25, -0.2) is 19.1 Å². The zero-order valence-electron chi connectivity index (χ0n) is 17.9. The molecule has 0 bridgehead atoms. The van der Waals surface area contributed by atoms with E-state index >= 15 is 0 Å². The lowest BCUT2D eigenvalue weighted by molar-refractivity contribution is -0.161. The molecular formula is C16H20N8O8S2. The zero-order chi connectivity index (χ0) is 25.4. The number of hydrogen-bond donors (Lipinski definition) is 4. The van der Waals surface area contributed by atoms with E-state index in [1.54, 1.807) is 6.92 Å². The molecule has 0 spiro atoms. The van der Waals surface area contributed by atoms with Crippen molar-refractivity contribution in [1.82, 2.24) is 29.4 Å². The van der Waals surface area contributed by atoms with Crippen LogP contribution in [0.2, 0.25) is 0 Å². The van der Waals surface area contributed by atoms with Gasteiger partial charge in [0.15, 0.2) is 10.8 Å². The topological polar surface area (TPSA) is 232 Å². The lowest BCUT2D eigenvalue weighted by Crippen LogP contribution is -2.73. The summed E-state index contributed by atoms with van der Waals surface area (Å²) in [6.45, 7) is 3.75. The molecule has 2 amide bonds. The zero-order valence-corrected chi connectivity index (χ0v) is 19.6. The fraction of sp³-hybridized carbons (Fsp3) is 0.438. The van der Waals surface area contributed by atoms with Crippen LogP contribution >= 0.6 is 11.3 Å². The molecule has 1 saturated heterocycles. The molecule has 0 saturated carbocycles. The SMILES string of the molecule is Cc1ncn(C[C@@H]2[C@H](NC(=O)C(=NOC(C)(C)C(=O)O)c3csc(N)n3)C(=O)N2S(=O)(=O)O)n1. The Balaban J connectivity index is 1.89. The molecule has 0 radical (unpaired) electrons. The highest BCUT2D eigenvalue weighted by atomic mass is 32.2. The van der Waals surface area contributed by atoms with E-state index in [-0.39, 0.29) is 21.7 Å². The Kier molecular flexibility index (Phi) is 6.58. The van der Waals surface area contributed by atoms with Gasteiger partial charge in [0.25, 0.3) is 11.8 Å². The summed E-state index contributed by atoms with van der Waals surface area (Å²) in [6.07, 6.45) is 1.28. The van der Waals surface area contributed by atoms with Crippen LogP contribution in [0.5, 0.6) is 0 Å². The first kappa shape index (κ1) is 25.0. The van der Waals surface area contributed by atoms with Crippen LogP contribution in [0, 0.1) is 6.92 Å². The van der Waals surface area contributed by atoms with Gasteiger partial charge in [-0.2, -0.15) is 13.5 Å². The fourth-order valence-corrected chi connectivity index (χ4v) is 4.24. The number of carbonyl (C=O) groups excluding carboxylic acids is 2. The second-order valence-corrected chi connectivity index (χ2v) is 9.74. The van der Waals surface area contributed by atoms with Crippen LogP contribution in [0.3, 0.4) is 0 Å². The van der Waals surface area contributed by atoms with Gasteiger partial charge in [0, 0.05) is 5.38 Å². The average molecular weight is 517 g/mol. The summed E-state index contributed by atoms with van der Waals surface area (Å²) in [5.41, 5.74) is 3.22. The van der Waals surface area contributed by atoms with Crippen LogP contribution in [-0.4, -0.2) is 83.3 Å². The number of β-lactam (4-membered cyclic amide) rings is 1. The molecule has 0 unspecified atom stereocenters. The van der Waals surface area contributed by atoms with Crippen molar-refractivity contribution in [3.8, 4) is 0 Å². The number of nitrogens with one attached hydrogen (secondary N) is 1. The molecule has 18 heteroatoms. The number of oxime groups is 1. The first-order chi connectivity index (χ1) is 15.7. The number of nitrogen functional groups attached to an aromatic ring is 1. The van der Waals surface area contributed by atoms with E-state index < -0.39 is 51.5 Å². The summed E-state index contributed by atoms with van der Waals surface area (Å²) in [5, 5.41) is 20.6. The molecule has 0 aliphatic carbocycles. The van der Waals surface area contributed by atoms with E-state index in [0.717, 1.165) is 11.3 Å². The number of hydrogen-bond acceptors (Lipinski definition) is 12. The largest absolute Gasteiger partial charge is 0.478 e. The molecule has 5 N–H and O–H groups in total. The summed E-state index contributed by atoms with van der Waals surface area (Å²) >= 11 is 0.965. The van der Waals surface area contributed by atoms with Crippen molar-refractivity contribution < 1.29 is 37.3 Å². The molecular weight excluding hydrogens is 496 g/mol. The molecule has 1 aliphatic heterocycles. The standard InChI is InChI=1S/C16H20N8O8S2/c1-7-18-6-23(21-7)4-9-11(13(26)24(9)34(29,30)31)20-12(25)10(8-5-33-15(17)19-8)22-32-16(2,3)14(27)28/h5-6,9,11H,4H2,1-3H3,(H2,17,19)(H,20,25)(H,27,28)(H,29,30,31)/t9-,11+/m1/s1. The molecule has 1 aliphatic rings. The minimum Gasteiger partial charge on any atom is -0.478 e. The predicted molar refractivity (Wildman–Crippen MR) is 115 cm³/mol. The molecule has 3 rings (SSSR count). The van der Waals surface area contributed by atoms with E-state index in [4.69, 9.17) is 10.6 Å². The number of aromatic nitrogens is 4. The molecule has 3 heterocycles. The van der Waals surface area contributed by atoms with Crippen LogP contribution in [0.25, 0.3) is 0 Å². The first-order valence-corrected chi connectivity index (χ1v) is 11.7. The lowest BCUT2D eigenvalue weighted by Gasteiger charge is -2.43. The minimum atomic E-state index is -4.93. The number of aliphatic carboxylic acids is 1. The Morgan fingerprint density at radius 3 is 2.59 bits per heavy atom. The van der Waals surface area contributed by atoms with Crippen molar-refractivity contribution in [3.63, 3.8) is 0 Å². The highest BCUT2D eigenvalue weighted by Crippen LogP contribution is 2.25. The highest BCUT2D eigenvalue weighted by Gasteiger charge is 2.54. The van der Waals surface area contributed by atoms with Crippen molar-refractivity contribution in [1.29, 1.82) is 0 Å². The molecule has 184 valence electrons. The Morgan fingerprint density at radius 1 is 1.41 bits per heavy atom. The second kappa shape index (κ2) is 8.95. The minimum absolute atomic E-state index is 0.0666. The number of rotatable bonds is 9. The number of thiazole rings is 1. The van der Waals surface area contributed by atoms with Crippen LogP contribution in [0.1, 0.15) is 25.4 Å². The van der Waals surface area contributed by atoms with Gasteiger partial charge in [0.05, 0.1) is 12.6 Å². The van der Waals surface area contributed by atoms with E-state index in [1.165, 1.54) is 30.2 Å². The van der Waals surface area contributed by atoms with Crippen molar-refractivity contribution in [2.75, 3.05) is 5.73 Å². The number of anilines is 1. The van der Waals surface area contributed by atoms with Crippen molar-refractivity contribution >= 4 is 50.3 Å². The normalized spacial score (nSPS) is 19.0. The Labute approximate surface area is 196 Å². The third kappa shape index (κ3) is 5.13. The summed E-state index contributed by atoms with van der Waals surface area (Å²) in [7, 11) is -4.93. The van der Waals surface area contributed by atoms with Crippen LogP contribution in [-0.2, 0) is 36.1 Å². The Bertz CT molecular complexity index is 1270. The molecule has 2 aromatic rings. The monoisotopic (exact) mass is 516 g/mol. The lowest BCUT2D eigenvalue weighted by atomic mass is 9.98. The number of aryl methyl sites for hydroxylation is 1. The highest BCUT2D eigenvalue weighted by molar-refractivity contribution is 7.84. The molecule has 34 heavy (non-hydrogen) atoms. The molecule has 16 nitrogen and oxygen atoms in total. The number of nitrogens with zero attached hydrogens (tertiary/aromatic N) is 6. The van der Waals surface area contributed by atoms with Crippen molar-refractivity contribution in [2.24, 2.45) is 5.16 Å². The van der Waals surface area contributed by atoms with Gasteiger partial charge in [0.1, 0.15) is 23.9 Å². The van der Waals surface area contributed by atoms with Gasteiger partial charge in [-0.1, -0.05) is 5.16 Å². The van der Waals surface area contributed by atoms with Gasteiger partial charge >= 0.3 is 16.3 Å². The summed E-state index contributed by atoms with van der Waals surface area (Å²) < 4.78 is 34.2. The number of carbonyl (C=O) groups is 3. The third-order valence-corrected chi connectivity index (χ3v) is 6.21. The first-order valence-electron chi connectivity index (χ1n) is 9.39. The summed E-state index contributed by atoms with van der Waals surface area (Å²) in [6, 6.07) is -2.65. The van der Waals surface area contributed by atoms with Crippen LogP contribution < -0.4 is 11.1 Å². The second-order valence-electron chi connectivity index (χ2n) is 7.56. The average Bonchev–Trinajstić information content (AvgIpc) is 3.32. The maximum Gasteiger partial charge on any atom is 0.362 e. The van der Waals surface area contributed by atoms with Gasteiger partial charge < -0.3 is 21.0 Å². The quantitative estimate of drug-likeness (QED) is 0.128. The maximum atomic E-state index is 13.0. The van der Waals surface area contributed by atoms with Gasteiger partial charge in [0.2, 0.25) is 5.60 Å². The Hall–Kier alpha value is -3.64. The maximum absolute atomic E-state index is 13.0. The molecule has 2 atom stereocenters. The van der Waals surface area contributed by atoms with Gasteiger partial charge in [-0.3, -0.25) is 18.8 Å². The van der Waals surface area contributed by atoms with E-state index in [9.17, 15) is 32.5 Å². The third-order valence-electron chi connectivity index (χ3n) is 4.59. The van der Waals surface area contributed by atoms with E-state index in [0.29, 0.717) is 5.82 Å². The number of nitrogens with two attached hydrogens (primary N) is 1.